The van der Waals surface area contributed by atoms with Gasteiger partial charge >= 0.3 is 0 Å². The van der Waals surface area contributed by atoms with E-state index < -0.39 is 48.5 Å². The number of nitrogens with two attached hydrogens (primary N) is 1. The number of hydrogen-bond donors (Lipinski definition) is 6. The van der Waals surface area contributed by atoms with Gasteiger partial charge in [0.1, 0.15) is 26.0 Å². The zero-order chi connectivity index (χ0) is 25.9. The Balaban J connectivity index is 2.09. The Labute approximate surface area is 202 Å². The van der Waals surface area contributed by atoms with Crippen LogP contribution in [0.15, 0.2) is 0 Å². The molecule has 0 aromatic carbocycles. The molecule has 1 rings (SSSR count). The molecule has 35 heavy (non-hydrogen) atoms. The van der Waals surface area contributed by atoms with E-state index in [-0.39, 0.29) is 39.1 Å². The molecular formula is C21H32N6O8. The summed E-state index contributed by atoms with van der Waals surface area (Å²) in [5.41, 5.74) is 4.86. The molecule has 14 nitrogen and oxygen atoms in total. The molecule has 0 saturated heterocycles. The minimum Gasteiger partial charge on any atom is -0.368 e. The molecule has 14 heteroatoms. The van der Waals surface area contributed by atoms with Crippen molar-refractivity contribution in [2.75, 3.05) is 46.1 Å². The predicted molar refractivity (Wildman–Crippen MR) is 121 cm³/mol. The van der Waals surface area contributed by atoms with Crippen LogP contribution in [0.2, 0.25) is 0 Å². The molecule has 6 amide bonds. The van der Waals surface area contributed by atoms with E-state index in [1.165, 1.54) is 0 Å². The lowest BCUT2D eigenvalue weighted by molar-refractivity contribution is -0.130. The molecule has 0 spiro atoms. The van der Waals surface area contributed by atoms with Gasteiger partial charge in [0.15, 0.2) is 0 Å². The van der Waals surface area contributed by atoms with Gasteiger partial charge in [-0.05, 0) is 19.3 Å². The van der Waals surface area contributed by atoms with Gasteiger partial charge in [0.25, 0.3) is 0 Å². The van der Waals surface area contributed by atoms with Crippen molar-refractivity contribution in [3.05, 3.63) is 0 Å². The molecule has 1 aliphatic carbocycles. The maximum Gasteiger partial charge on any atom is 0.246 e. The first-order chi connectivity index (χ1) is 16.8. The van der Waals surface area contributed by atoms with Gasteiger partial charge in [-0.2, -0.15) is 0 Å². The molecule has 0 bridgehead atoms. The summed E-state index contributed by atoms with van der Waals surface area (Å²) in [6.45, 7) is -2.37. The average molecular weight is 497 g/mol. The second kappa shape index (κ2) is 17.7. The highest BCUT2D eigenvalue weighted by Crippen LogP contribution is 2.10. The smallest absolute Gasteiger partial charge is 0.246 e. The molecule has 1 unspecified atom stereocenters. The van der Waals surface area contributed by atoms with Gasteiger partial charge < -0.3 is 41.8 Å². The summed E-state index contributed by atoms with van der Waals surface area (Å²) in [7, 11) is 0. The lowest BCUT2D eigenvalue weighted by atomic mass is 10.1. The van der Waals surface area contributed by atoms with Crippen molar-refractivity contribution in [3.63, 3.8) is 0 Å². The fraction of sp³-hybridized carbons (Fsp3) is 0.619. The van der Waals surface area contributed by atoms with E-state index in [1.54, 1.807) is 0 Å². The second-order valence-electron chi connectivity index (χ2n) is 7.39. The van der Waals surface area contributed by atoms with Crippen molar-refractivity contribution in [1.82, 2.24) is 26.6 Å². The van der Waals surface area contributed by atoms with Crippen LogP contribution in [0.1, 0.15) is 32.1 Å². The Bertz CT molecular complexity index is 822. The first kappa shape index (κ1) is 29.3. The molecule has 194 valence electrons. The zero-order valence-corrected chi connectivity index (χ0v) is 19.4. The average Bonchev–Trinajstić information content (AvgIpc) is 2.80. The summed E-state index contributed by atoms with van der Waals surface area (Å²) in [6.07, 6.45) is 4.40. The van der Waals surface area contributed by atoms with Gasteiger partial charge in [0.2, 0.25) is 35.4 Å². The summed E-state index contributed by atoms with van der Waals surface area (Å²) in [6, 6.07) is 0. The molecule has 0 heterocycles. The number of carbonyl (C=O) groups excluding carboxylic acids is 6. The van der Waals surface area contributed by atoms with E-state index in [0.29, 0.717) is 0 Å². The highest BCUT2D eigenvalue weighted by atomic mass is 16.5. The summed E-state index contributed by atoms with van der Waals surface area (Å²) < 4.78 is 10.2. The van der Waals surface area contributed by atoms with Crippen molar-refractivity contribution in [2.45, 2.75) is 38.2 Å². The van der Waals surface area contributed by atoms with Crippen LogP contribution >= 0.6 is 0 Å². The third-order valence-corrected chi connectivity index (χ3v) is 4.35. The quantitative estimate of drug-likeness (QED) is 0.0756. The molecule has 0 aliphatic heterocycles. The maximum absolute atomic E-state index is 11.8. The fourth-order valence-electron chi connectivity index (χ4n) is 2.58. The van der Waals surface area contributed by atoms with E-state index in [2.05, 4.69) is 38.4 Å². The van der Waals surface area contributed by atoms with E-state index >= 15 is 0 Å². The lowest BCUT2D eigenvalue weighted by Gasteiger charge is -2.13. The summed E-state index contributed by atoms with van der Waals surface area (Å²) in [5, 5.41) is 11.5. The topological polar surface area (TPSA) is 207 Å². The van der Waals surface area contributed by atoms with Crippen molar-refractivity contribution in [2.24, 2.45) is 5.73 Å². The predicted octanol–water partition coefficient (Wildman–Crippen LogP) is -3.62. The van der Waals surface area contributed by atoms with Crippen molar-refractivity contribution in [1.29, 1.82) is 0 Å². The molecule has 7 N–H and O–H groups in total. The number of amides is 6. The Kier molecular flexibility index (Phi) is 14.9. The first-order valence-electron chi connectivity index (χ1n) is 11.1. The Morgan fingerprint density at radius 1 is 0.714 bits per heavy atom. The normalized spacial score (nSPS) is 14.7. The van der Waals surface area contributed by atoms with Gasteiger partial charge in [-0.25, -0.2) is 0 Å². The lowest BCUT2D eigenvalue weighted by Crippen LogP contribution is -2.46. The molecule has 0 aromatic heterocycles. The van der Waals surface area contributed by atoms with Gasteiger partial charge in [-0.1, -0.05) is 12.3 Å². The summed E-state index contributed by atoms with van der Waals surface area (Å²) >= 11 is 0. The first-order valence-corrected chi connectivity index (χ1v) is 11.1. The van der Waals surface area contributed by atoms with Gasteiger partial charge in [0.05, 0.1) is 26.2 Å². The Morgan fingerprint density at radius 3 is 1.83 bits per heavy atom. The van der Waals surface area contributed by atoms with E-state index in [0.717, 1.165) is 32.1 Å². The van der Waals surface area contributed by atoms with Crippen LogP contribution in [0.4, 0.5) is 0 Å². The summed E-state index contributed by atoms with van der Waals surface area (Å²) in [5.74, 6) is 2.36. The Morgan fingerprint density at radius 2 is 1.26 bits per heavy atom. The largest absolute Gasteiger partial charge is 0.368 e. The van der Waals surface area contributed by atoms with Crippen molar-refractivity contribution >= 4 is 35.4 Å². The second-order valence-corrected chi connectivity index (χ2v) is 7.39. The van der Waals surface area contributed by atoms with Crippen LogP contribution < -0.4 is 32.3 Å². The van der Waals surface area contributed by atoms with Crippen LogP contribution in [0.3, 0.4) is 0 Å². The van der Waals surface area contributed by atoms with Gasteiger partial charge in [-0.3, -0.25) is 28.8 Å². The van der Waals surface area contributed by atoms with E-state index in [9.17, 15) is 28.8 Å². The number of carbonyl (C=O) groups is 6. The molecule has 1 atom stereocenters. The SMILES string of the molecule is NC(=O)COCNC(=O)CNC(=O)CNC(=O)CNC(=O)CNC(=O)COC1C#CCCCCC1. The van der Waals surface area contributed by atoms with E-state index in [1.807, 2.05) is 0 Å². The highest BCUT2D eigenvalue weighted by Gasteiger charge is 2.12. The molecule has 0 aromatic rings. The molecule has 0 saturated carbocycles. The maximum atomic E-state index is 11.8. The third kappa shape index (κ3) is 16.5. The van der Waals surface area contributed by atoms with Crippen LogP contribution in [0, 0.1) is 11.8 Å². The highest BCUT2D eigenvalue weighted by molar-refractivity contribution is 5.91. The molecule has 0 radical (unpaired) electrons. The third-order valence-electron chi connectivity index (χ3n) is 4.35. The van der Waals surface area contributed by atoms with Crippen LogP contribution in [-0.2, 0) is 38.2 Å². The number of nitrogens with one attached hydrogen (secondary N) is 5. The van der Waals surface area contributed by atoms with E-state index in [4.69, 9.17) is 15.2 Å². The Hall–Kier alpha value is -3.70. The number of rotatable bonds is 15. The zero-order valence-electron chi connectivity index (χ0n) is 19.4. The minimum absolute atomic E-state index is 0.222. The molecule has 1 aliphatic rings. The van der Waals surface area contributed by atoms with Crippen LogP contribution in [-0.4, -0.2) is 87.7 Å². The standard InChI is InChI=1S/C21H32N6O8/c22-16(28)12-34-14-27-20(32)11-25-18(30)9-23-17(29)8-24-19(31)10-26-21(33)13-35-15-6-4-2-1-3-5-7-15/h15H,1-4,6,8-14H2,(H2,22,28)(H,23,29)(H,24,31)(H,25,30)(H,26,33)(H,27,32). The number of ether oxygens (including phenoxy) is 2. The summed E-state index contributed by atoms with van der Waals surface area (Å²) in [4.78, 5) is 68.9. The van der Waals surface area contributed by atoms with Crippen molar-refractivity contribution in [3.8, 4) is 11.8 Å². The molecule has 0 fully saturated rings. The monoisotopic (exact) mass is 496 g/mol. The fourth-order valence-corrected chi connectivity index (χ4v) is 2.58. The van der Waals surface area contributed by atoms with Crippen LogP contribution in [0.25, 0.3) is 0 Å². The number of primary amides is 1. The van der Waals surface area contributed by atoms with Crippen molar-refractivity contribution < 1.29 is 38.2 Å². The number of hydrogen-bond acceptors (Lipinski definition) is 8. The van der Waals surface area contributed by atoms with Gasteiger partial charge in [0, 0.05) is 6.42 Å². The minimum atomic E-state index is -0.690. The van der Waals surface area contributed by atoms with Crippen LogP contribution in [0.5, 0.6) is 0 Å². The van der Waals surface area contributed by atoms with Gasteiger partial charge in [-0.15, -0.1) is 5.92 Å². The molecular weight excluding hydrogens is 464 g/mol.